The van der Waals surface area contributed by atoms with E-state index in [1.807, 2.05) is 18.2 Å². The summed E-state index contributed by atoms with van der Waals surface area (Å²) in [4.78, 5) is 36.0. The van der Waals surface area contributed by atoms with Gasteiger partial charge in [0, 0.05) is 25.5 Å². The molecule has 0 aliphatic carbocycles. The van der Waals surface area contributed by atoms with Gasteiger partial charge in [-0.15, -0.1) is 0 Å². The number of aromatic nitrogens is 1. The average Bonchev–Trinajstić information content (AvgIpc) is 3.31. The number of alkyl halides is 3. The van der Waals surface area contributed by atoms with Crippen molar-refractivity contribution >= 4 is 35.4 Å². The number of nitrogens with one attached hydrogen (secondary N) is 3. The Labute approximate surface area is 223 Å². The smallest absolute Gasteiger partial charge is 0.365 e. The number of rotatable bonds is 7. The quantitative estimate of drug-likeness (QED) is 0.362. The fourth-order valence-electron chi connectivity index (χ4n) is 4.02. The molecule has 3 N–H and O–H groups in total. The number of urea groups is 1. The second kappa shape index (κ2) is 10.7. The van der Waals surface area contributed by atoms with E-state index in [2.05, 4.69) is 30.9 Å². The van der Waals surface area contributed by atoms with E-state index < -0.39 is 41.4 Å². The zero-order valence-corrected chi connectivity index (χ0v) is 20.4. The van der Waals surface area contributed by atoms with Gasteiger partial charge in [-0.05, 0) is 46.5 Å². The lowest BCUT2D eigenvalue weighted by molar-refractivity contribution is -0.137. The highest BCUT2D eigenvalue weighted by Crippen LogP contribution is 2.31. The van der Waals surface area contributed by atoms with Crippen molar-refractivity contribution in [1.82, 2.24) is 15.6 Å². The number of carbonyl (C=O) groups excluding carboxylic acids is 2. The minimum Gasteiger partial charge on any atom is -0.365 e. The topological polar surface area (TPSA) is 108 Å². The number of allylic oxidation sites excluding steroid dienone is 1. The Kier molecular flexibility index (Phi) is 7.11. The number of nitrogens with zero attached hydrogens (tertiary/aromatic N) is 3. The molecule has 1 aromatic heterocycles. The predicted molar refractivity (Wildman–Crippen MR) is 137 cm³/mol. The van der Waals surface area contributed by atoms with Gasteiger partial charge in [0.05, 0.1) is 11.1 Å². The van der Waals surface area contributed by atoms with Gasteiger partial charge in [-0.25, -0.2) is 23.6 Å². The van der Waals surface area contributed by atoms with Crippen LogP contribution in [-0.2, 0) is 19.3 Å². The zero-order chi connectivity index (χ0) is 28.4. The molecule has 0 radical (unpaired) electrons. The molecular weight excluding hydrogens is 535 g/mol. The molecule has 1 unspecified atom stereocenters. The Morgan fingerprint density at radius 2 is 1.73 bits per heavy atom. The summed E-state index contributed by atoms with van der Waals surface area (Å²) in [7, 11) is 0. The number of carbonyl (C=O) groups is 2. The summed E-state index contributed by atoms with van der Waals surface area (Å²) in [5, 5.41) is 7.97. The van der Waals surface area contributed by atoms with E-state index in [-0.39, 0.29) is 30.0 Å². The molecule has 40 heavy (non-hydrogen) atoms. The lowest BCUT2D eigenvalue weighted by Gasteiger charge is -2.15. The second-order valence-corrected chi connectivity index (χ2v) is 8.88. The number of aliphatic imine (C=N–C) groups is 2. The Hall–Kier alpha value is -4.94. The molecule has 13 heteroatoms. The number of pyridine rings is 1. The van der Waals surface area contributed by atoms with Crippen molar-refractivity contribution in [2.75, 3.05) is 5.32 Å². The van der Waals surface area contributed by atoms with Crippen LogP contribution in [0.2, 0.25) is 0 Å². The van der Waals surface area contributed by atoms with Gasteiger partial charge in [0.25, 0.3) is 5.91 Å². The number of halogens is 5. The monoisotopic (exact) mass is 554 g/mol. The Morgan fingerprint density at radius 3 is 2.45 bits per heavy atom. The van der Waals surface area contributed by atoms with Crippen LogP contribution in [0.5, 0.6) is 0 Å². The fourth-order valence-corrected chi connectivity index (χ4v) is 4.02. The van der Waals surface area contributed by atoms with Crippen molar-refractivity contribution in [3.8, 4) is 0 Å². The van der Waals surface area contributed by atoms with Crippen LogP contribution in [-0.4, -0.2) is 35.0 Å². The van der Waals surface area contributed by atoms with E-state index in [0.717, 1.165) is 28.8 Å². The molecule has 2 aliphatic heterocycles. The van der Waals surface area contributed by atoms with E-state index in [1.165, 1.54) is 6.07 Å². The maximum absolute atomic E-state index is 13.5. The molecule has 0 fully saturated rings. The molecule has 8 nitrogen and oxygen atoms in total. The van der Waals surface area contributed by atoms with Crippen molar-refractivity contribution in [3.05, 3.63) is 100 Å². The van der Waals surface area contributed by atoms with Crippen molar-refractivity contribution in [1.29, 1.82) is 0 Å². The second-order valence-electron chi connectivity index (χ2n) is 8.88. The first-order chi connectivity index (χ1) is 19.1. The first-order valence-electron chi connectivity index (χ1n) is 11.8. The minimum atomic E-state index is -4.73. The molecule has 5 rings (SSSR count). The largest absolute Gasteiger partial charge is 0.417 e. The predicted octanol–water partition coefficient (Wildman–Crippen LogP) is 4.88. The number of amidine groups is 1. The summed E-state index contributed by atoms with van der Waals surface area (Å²) in [5.41, 5.74) is 1.07. The van der Waals surface area contributed by atoms with Crippen LogP contribution >= 0.6 is 0 Å². The van der Waals surface area contributed by atoms with E-state index in [0.29, 0.717) is 18.1 Å². The number of anilines is 1. The third-order valence-corrected chi connectivity index (χ3v) is 6.10. The summed E-state index contributed by atoms with van der Waals surface area (Å²) in [6, 6.07) is 10.0. The minimum absolute atomic E-state index is 0.0919. The summed E-state index contributed by atoms with van der Waals surface area (Å²) in [6.45, 7) is -0.116. The van der Waals surface area contributed by atoms with Gasteiger partial charge in [0.2, 0.25) is 0 Å². The Balaban J connectivity index is 1.29. The van der Waals surface area contributed by atoms with Gasteiger partial charge in [0.15, 0.2) is 17.5 Å². The maximum atomic E-state index is 13.5. The molecule has 2 aliphatic rings. The maximum Gasteiger partial charge on any atom is 0.417 e. The number of hydrogen-bond acceptors (Lipinski definition) is 5. The molecule has 0 spiro atoms. The molecule has 3 amide bonds. The van der Waals surface area contributed by atoms with Crippen LogP contribution in [0, 0.1) is 11.6 Å². The molecule has 2 aromatic carbocycles. The number of benzene rings is 2. The van der Waals surface area contributed by atoms with E-state index >= 15 is 0 Å². The molecule has 3 aromatic rings. The van der Waals surface area contributed by atoms with Gasteiger partial charge in [-0.3, -0.25) is 4.79 Å². The number of dihydropyridines is 1. The number of amides is 3. The summed E-state index contributed by atoms with van der Waals surface area (Å²) < 4.78 is 66.6. The van der Waals surface area contributed by atoms with Crippen LogP contribution < -0.4 is 16.0 Å². The van der Waals surface area contributed by atoms with E-state index in [4.69, 9.17) is 0 Å². The van der Waals surface area contributed by atoms with Gasteiger partial charge >= 0.3 is 12.2 Å². The Bertz CT molecular complexity index is 1580. The third kappa shape index (κ3) is 5.87. The van der Waals surface area contributed by atoms with Crippen molar-refractivity contribution in [3.63, 3.8) is 0 Å². The number of fused-ring (bicyclic) bond motifs is 1. The van der Waals surface area contributed by atoms with E-state index in [9.17, 15) is 31.5 Å². The highest BCUT2D eigenvalue weighted by molar-refractivity contribution is 6.21. The van der Waals surface area contributed by atoms with Crippen LogP contribution in [0.25, 0.3) is 5.57 Å². The van der Waals surface area contributed by atoms with Crippen LogP contribution in [0.15, 0.2) is 70.8 Å². The summed E-state index contributed by atoms with van der Waals surface area (Å²) in [6.07, 6.45) is -0.700. The zero-order valence-electron chi connectivity index (χ0n) is 20.4. The van der Waals surface area contributed by atoms with Crippen molar-refractivity contribution in [2.45, 2.75) is 25.3 Å². The normalized spacial score (nSPS) is 16.1. The first kappa shape index (κ1) is 26.7. The molecule has 3 heterocycles. The van der Waals surface area contributed by atoms with Crippen LogP contribution in [0.3, 0.4) is 0 Å². The first-order valence-corrected chi connectivity index (χ1v) is 11.8. The summed E-state index contributed by atoms with van der Waals surface area (Å²) >= 11 is 0. The number of hydrogen-bond donors (Lipinski definition) is 3. The molecule has 0 saturated carbocycles. The van der Waals surface area contributed by atoms with Gasteiger partial charge in [-0.2, -0.15) is 18.2 Å². The van der Waals surface area contributed by atoms with Crippen molar-refractivity contribution in [2.24, 2.45) is 9.98 Å². The van der Waals surface area contributed by atoms with Crippen LogP contribution in [0.1, 0.15) is 32.6 Å². The molecule has 1 atom stereocenters. The Morgan fingerprint density at radius 1 is 0.975 bits per heavy atom. The van der Waals surface area contributed by atoms with Gasteiger partial charge in [-0.1, -0.05) is 30.3 Å². The van der Waals surface area contributed by atoms with Crippen molar-refractivity contribution < 1.29 is 31.5 Å². The third-order valence-electron chi connectivity index (χ3n) is 6.10. The van der Waals surface area contributed by atoms with Gasteiger partial charge < -0.3 is 16.0 Å². The molecule has 204 valence electrons. The molecular formula is C27H19F5N6O2. The standard InChI is InChI=1S/C27H19F5N6O2/c28-20-6-3-15(7-21(20)29)11-36-25(39)19-9-18(27(30,31)32)13-35-23(19)33-10-14-1-4-16(5-2-14)17-8-22-24(34-12-17)38-26(40)37-22/h1-9,12-13,22H,10-11H2,(H,33,35)(H,36,39)(H,37,40). The SMILES string of the molecule is O=C1N=C2N=CC(c3ccc(CNc4ncc(C(F)(F)F)cc4C(=O)NCc4ccc(F)c(F)c4)cc3)=CC2N1. The highest BCUT2D eigenvalue weighted by Gasteiger charge is 2.32. The van der Waals surface area contributed by atoms with E-state index in [1.54, 1.807) is 18.3 Å². The average molecular weight is 554 g/mol. The fraction of sp³-hybridized carbons (Fsp3) is 0.148. The highest BCUT2D eigenvalue weighted by atomic mass is 19.4. The lowest BCUT2D eigenvalue weighted by atomic mass is 10.0. The van der Waals surface area contributed by atoms with Gasteiger partial charge in [0.1, 0.15) is 11.9 Å². The molecule has 0 saturated heterocycles. The lowest BCUT2D eigenvalue weighted by Crippen LogP contribution is -2.31. The molecule has 0 bridgehead atoms. The van der Waals surface area contributed by atoms with Crippen LogP contribution in [0.4, 0.5) is 32.6 Å². The summed E-state index contributed by atoms with van der Waals surface area (Å²) in [5.74, 6) is -2.76.